The third-order valence-electron chi connectivity index (χ3n) is 8.80. The summed E-state index contributed by atoms with van der Waals surface area (Å²) in [5.41, 5.74) is 5.28. The molecule has 0 bridgehead atoms. The van der Waals surface area contributed by atoms with E-state index in [0.29, 0.717) is 69.0 Å². The van der Waals surface area contributed by atoms with Crippen LogP contribution in [-0.2, 0) is 16.1 Å². The predicted molar refractivity (Wildman–Crippen MR) is 191 cm³/mol. The zero-order chi connectivity index (χ0) is 34.9. The first kappa shape index (κ1) is 33.2. The number of carbonyl (C=O) groups excluding carboxylic acids is 1. The number of methoxy groups -OCH3 is 1. The van der Waals surface area contributed by atoms with Gasteiger partial charge in [-0.1, -0.05) is 65.7 Å². The Morgan fingerprint density at radius 1 is 1.00 bits per heavy atom. The monoisotopic (exact) mass is 711 g/mol. The van der Waals surface area contributed by atoms with Gasteiger partial charge in [0.1, 0.15) is 23.1 Å². The minimum atomic E-state index is -1.04. The zero-order valence-corrected chi connectivity index (χ0v) is 28.3. The molecule has 4 N–H and O–H groups in total. The van der Waals surface area contributed by atoms with E-state index >= 15 is 0 Å². The molecular formula is C36H31Cl2N7O5. The quantitative estimate of drug-likeness (QED) is 0.163. The molecule has 0 spiro atoms. The van der Waals surface area contributed by atoms with E-state index in [0.717, 1.165) is 17.5 Å². The highest BCUT2D eigenvalue weighted by molar-refractivity contribution is 6.39. The Bertz CT molecular complexity index is 2260. The fourth-order valence-electron chi connectivity index (χ4n) is 6.19. The Labute approximate surface area is 296 Å². The van der Waals surface area contributed by atoms with Gasteiger partial charge < -0.3 is 25.8 Å². The molecule has 0 saturated carbocycles. The highest BCUT2D eigenvalue weighted by Crippen LogP contribution is 2.42. The summed E-state index contributed by atoms with van der Waals surface area (Å²) < 4.78 is 7.01. The highest BCUT2D eigenvalue weighted by Gasteiger charge is 2.27. The van der Waals surface area contributed by atoms with Crippen LogP contribution in [-0.4, -0.2) is 69.5 Å². The number of amides is 1. The van der Waals surface area contributed by atoms with Gasteiger partial charge in [-0.15, -0.1) is 0 Å². The molecule has 12 nitrogen and oxygen atoms in total. The average molecular weight is 713 g/mol. The van der Waals surface area contributed by atoms with Crippen LogP contribution >= 0.6 is 23.2 Å². The van der Waals surface area contributed by atoms with Gasteiger partial charge in [-0.2, -0.15) is 0 Å². The molecular weight excluding hydrogens is 681 g/mol. The van der Waals surface area contributed by atoms with Gasteiger partial charge in [-0.3, -0.25) is 19.0 Å². The van der Waals surface area contributed by atoms with Crippen molar-refractivity contribution in [3.8, 4) is 39.4 Å². The van der Waals surface area contributed by atoms with Gasteiger partial charge >= 0.3 is 5.97 Å². The molecule has 1 fully saturated rings. The number of carboxylic acids is 1. The Kier molecular flexibility index (Phi) is 9.23. The number of aromatic nitrogens is 3. The van der Waals surface area contributed by atoms with E-state index in [9.17, 15) is 19.5 Å². The van der Waals surface area contributed by atoms with Gasteiger partial charge in [0.2, 0.25) is 11.8 Å². The van der Waals surface area contributed by atoms with Crippen molar-refractivity contribution in [2.24, 2.45) is 4.99 Å². The molecule has 2 atom stereocenters. The number of hydrogen-bond donors (Lipinski definition) is 4. The summed E-state index contributed by atoms with van der Waals surface area (Å²) in [5, 5.41) is 19.3. The van der Waals surface area contributed by atoms with Crippen LogP contribution in [0.2, 0.25) is 10.0 Å². The van der Waals surface area contributed by atoms with E-state index in [1.54, 1.807) is 25.4 Å². The lowest BCUT2D eigenvalue weighted by molar-refractivity contribution is -0.138. The molecule has 14 heteroatoms. The average Bonchev–Trinajstić information content (AvgIpc) is 3.78. The third kappa shape index (κ3) is 6.40. The second-order valence-electron chi connectivity index (χ2n) is 12.0. The van der Waals surface area contributed by atoms with Crippen molar-refractivity contribution in [3.63, 3.8) is 0 Å². The van der Waals surface area contributed by atoms with E-state index < -0.39 is 12.0 Å². The molecule has 50 heavy (non-hydrogen) atoms. The summed E-state index contributed by atoms with van der Waals surface area (Å²) in [6.07, 6.45) is 4.37. The number of nitrogens with one attached hydrogen (secondary N) is 3. The first-order valence-corrected chi connectivity index (χ1v) is 16.6. The summed E-state index contributed by atoms with van der Waals surface area (Å²) in [5.74, 6) is -0.283. The van der Waals surface area contributed by atoms with Crippen molar-refractivity contribution in [2.75, 3.05) is 20.2 Å². The third-order valence-corrected chi connectivity index (χ3v) is 9.62. The van der Waals surface area contributed by atoms with Gasteiger partial charge in [0.15, 0.2) is 0 Å². The normalized spacial score (nSPS) is 17.0. The van der Waals surface area contributed by atoms with Crippen LogP contribution in [0.4, 0.5) is 0 Å². The molecule has 3 aromatic heterocycles. The van der Waals surface area contributed by atoms with Gasteiger partial charge in [0.25, 0.3) is 5.56 Å². The maximum Gasteiger partial charge on any atom is 0.328 e. The maximum atomic E-state index is 13.3. The van der Waals surface area contributed by atoms with E-state index in [1.807, 2.05) is 48.5 Å². The van der Waals surface area contributed by atoms with Crippen LogP contribution in [0, 0.1) is 0 Å². The number of carbonyl (C=O) groups is 2. The number of amidine groups is 1. The van der Waals surface area contributed by atoms with Crippen LogP contribution in [0.15, 0.2) is 82.8 Å². The summed E-state index contributed by atoms with van der Waals surface area (Å²) in [7, 11) is 1.58. The smallest absolute Gasteiger partial charge is 0.328 e. The number of pyridine rings is 2. The van der Waals surface area contributed by atoms with E-state index in [1.165, 1.54) is 10.6 Å². The molecule has 1 amide bonds. The molecule has 0 radical (unpaired) electrons. The van der Waals surface area contributed by atoms with Crippen molar-refractivity contribution in [1.82, 2.24) is 30.3 Å². The number of halogens is 2. The topological polar surface area (TPSA) is 159 Å². The summed E-state index contributed by atoms with van der Waals surface area (Å²) in [6.45, 7) is 1.22. The minimum Gasteiger partial charge on any atom is -0.481 e. The molecule has 1 saturated heterocycles. The number of nitrogens with zero attached hydrogens (tertiary/aromatic N) is 4. The van der Waals surface area contributed by atoms with Gasteiger partial charge in [-0.25, -0.2) is 14.8 Å². The second-order valence-corrected chi connectivity index (χ2v) is 12.7. The SMILES string of the molecule is COc1nc(-c2cccc(-c3cccc(-c4ccn5c(=O)c(C6=NC[C@@H](C(=O)O)N6)cnc5c4)c3Cl)c2Cl)ccc1CNC[C@@H]1CCC(=O)N1. The van der Waals surface area contributed by atoms with Crippen LogP contribution in [0.25, 0.3) is 39.2 Å². The fraction of sp³-hybridized carbons (Fsp3) is 0.222. The molecule has 2 aliphatic heterocycles. The largest absolute Gasteiger partial charge is 0.481 e. The van der Waals surface area contributed by atoms with Crippen LogP contribution in [0.1, 0.15) is 24.0 Å². The number of carboxylic acid groups (broad SMARTS) is 1. The molecule has 0 unspecified atom stereocenters. The van der Waals surface area contributed by atoms with E-state index in [4.69, 9.17) is 32.9 Å². The predicted octanol–water partition coefficient (Wildman–Crippen LogP) is 4.58. The molecule has 254 valence electrons. The number of hydrogen-bond acceptors (Lipinski definition) is 9. The van der Waals surface area contributed by atoms with Crippen molar-refractivity contribution >= 4 is 46.6 Å². The number of aliphatic carboxylic acids is 1. The van der Waals surface area contributed by atoms with Crippen molar-refractivity contribution < 1.29 is 19.4 Å². The molecule has 2 aliphatic rings. The lowest BCUT2D eigenvalue weighted by atomic mass is 9.97. The number of fused-ring (bicyclic) bond motifs is 1. The molecule has 7 rings (SSSR count). The molecule has 0 aliphatic carbocycles. The lowest BCUT2D eigenvalue weighted by Gasteiger charge is -2.16. The highest BCUT2D eigenvalue weighted by atomic mass is 35.5. The fourth-order valence-corrected chi connectivity index (χ4v) is 6.85. The second kappa shape index (κ2) is 13.9. The molecule has 5 aromatic rings. The number of ether oxygens (including phenoxy) is 1. The molecule has 5 heterocycles. The minimum absolute atomic E-state index is 0.0340. The summed E-state index contributed by atoms with van der Waals surface area (Å²) in [4.78, 5) is 49.5. The van der Waals surface area contributed by atoms with Crippen molar-refractivity contribution in [3.05, 3.63) is 105 Å². The number of rotatable bonds is 10. The Morgan fingerprint density at radius 2 is 1.74 bits per heavy atom. The molecule has 2 aromatic carbocycles. The van der Waals surface area contributed by atoms with Gasteiger partial charge in [-0.05, 0) is 30.2 Å². The van der Waals surface area contributed by atoms with Gasteiger partial charge in [0, 0.05) is 65.8 Å². The maximum absolute atomic E-state index is 13.3. The first-order chi connectivity index (χ1) is 24.2. The van der Waals surface area contributed by atoms with E-state index in [2.05, 4.69) is 25.9 Å². The van der Waals surface area contributed by atoms with Crippen LogP contribution in [0.5, 0.6) is 5.88 Å². The van der Waals surface area contributed by atoms with E-state index in [-0.39, 0.29) is 35.5 Å². The summed E-state index contributed by atoms with van der Waals surface area (Å²) >= 11 is 14.1. The Balaban J connectivity index is 1.15. The van der Waals surface area contributed by atoms with Gasteiger partial charge in [0.05, 0.1) is 29.4 Å². The number of aliphatic imine (C=N–C) groups is 1. The number of benzene rings is 2. The zero-order valence-electron chi connectivity index (χ0n) is 26.7. The lowest BCUT2D eigenvalue weighted by Crippen LogP contribution is -2.39. The first-order valence-electron chi connectivity index (χ1n) is 15.9. The van der Waals surface area contributed by atoms with Crippen LogP contribution < -0.4 is 26.2 Å². The Morgan fingerprint density at radius 3 is 2.44 bits per heavy atom. The standard InChI is InChI=1S/C36H31Cl2N7O5/c1-50-34-20(15-39-16-21-9-11-30(46)42-21)8-10-27(44-34)25-7-3-6-24(32(25)38)23-5-2-4-22(31(23)37)19-12-13-45-29(14-19)40-17-26(35(45)47)33-41-18-28(43-33)36(48)49/h2-8,10,12-14,17,21,28,39H,9,11,15-16,18H2,1H3,(H,41,43)(H,42,46)(H,48,49)/t21-,28-/m0/s1. The van der Waals surface area contributed by atoms with Crippen molar-refractivity contribution in [2.45, 2.75) is 31.5 Å². The Hall–Kier alpha value is -5.30. The van der Waals surface area contributed by atoms with Crippen molar-refractivity contribution in [1.29, 1.82) is 0 Å². The van der Waals surface area contributed by atoms with Crippen LogP contribution in [0.3, 0.4) is 0 Å². The summed E-state index contributed by atoms with van der Waals surface area (Å²) in [6, 6.07) is 17.9.